The molecule has 164 valence electrons. The number of thiophene rings is 1. The van der Waals surface area contributed by atoms with Crippen molar-refractivity contribution in [2.75, 3.05) is 0 Å². The van der Waals surface area contributed by atoms with Crippen LogP contribution in [-0.2, 0) is 6.54 Å². The number of aromatic nitrogens is 1. The lowest BCUT2D eigenvalue weighted by Gasteiger charge is -2.21. The summed E-state index contributed by atoms with van der Waals surface area (Å²) in [6, 6.07) is 28.8. The van der Waals surface area contributed by atoms with Gasteiger partial charge in [0.25, 0.3) is 0 Å². The van der Waals surface area contributed by atoms with Crippen molar-refractivity contribution in [1.82, 2.24) is 4.57 Å². The van der Waals surface area contributed by atoms with Gasteiger partial charge in [-0.1, -0.05) is 66.7 Å². The van der Waals surface area contributed by atoms with E-state index in [2.05, 4.69) is 97.3 Å². The fourth-order valence-corrected chi connectivity index (χ4v) is 6.98. The quantitative estimate of drug-likeness (QED) is 0.259. The standard InChI is InChI=1S/C31H29NS/c1-21-24-14-9-11-19-29(24)33-31(21)26-16-7-6-15-25(26)30-22(2)32(20-23-12-4-3-5-13-23)28-18-10-8-17-27(28)30/h3-5,8-14,17-19H,6-7,15-16,20H2,1-2H3. The Labute approximate surface area is 200 Å². The van der Waals surface area contributed by atoms with Crippen molar-refractivity contribution in [1.29, 1.82) is 0 Å². The number of benzene rings is 3. The van der Waals surface area contributed by atoms with Crippen LogP contribution in [0.15, 0.2) is 78.9 Å². The first-order chi connectivity index (χ1) is 16.2. The molecule has 0 saturated heterocycles. The highest BCUT2D eigenvalue weighted by atomic mass is 32.1. The van der Waals surface area contributed by atoms with E-state index in [4.69, 9.17) is 0 Å². The summed E-state index contributed by atoms with van der Waals surface area (Å²) in [7, 11) is 0. The molecule has 0 bridgehead atoms. The van der Waals surface area contributed by atoms with E-state index < -0.39 is 0 Å². The van der Waals surface area contributed by atoms with E-state index in [1.165, 1.54) is 73.9 Å². The molecule has 1 nitrogen and oxygen atoms in total. The van der Waals surface area contributed by atoms with Crippen LogP contribution in [0.25, 0.3) is 32.1 Å². The van der Waals surface area contributed by atoms with Gasteiger partial charge in [-0.15, -0.1) is 11.3 Å². The molecule has 2 aromatic heterocycles. The fraction of sp³-hybridized carbons (Fsp3) is 0.226. The molecule has 0 N–H and O–H groups in total. The number of para-hydroxylation sites is 1. The van der Waals surface area contributed by atoms with Crippen molar-refractivity contribution in [3.05, 3.63) is 106 Å². The highest BCUT2D eigenvalue weighted by Gasteiger charge is 2.25. The Kier molecular flexibility index (Phi) is 5.19. The molecule has 33 heavy (non-hydrogen) atoms. The lowest BCUT2D eigenvalue weighted by Crippen LogP contribution is -2.04. The number of rotatable bonds is 4. The van der Waals surface area contributed by atoms with E-state index in [0.29, 0.717) is 0 Å². The van der Waals surface area contributed by atoms with E-state index in [0.717, 1.165) is 6.54 Å². The van der Waals surface area contributed by atoms with Gasteiger partial charge in [-0.05, 0) is 79.3 Å². The first-order valence-electron chi connectivity index (χ1n) is 12.0. The smallest absolute Gasteiger partial charge is 0.0491 e. The number of fused-ring (bicyclic) bond motifs is 2. The van der Waals surface area contributed by atoms with Crippen LogP contribution < -0.4 is 0 Å². The maximum absolute atomic E-state index is 2.52. The molecule has 2 heterocycles. The molecule has 0 atom stereocenters. The summed E-state index contributed by atoms with van der Waals surface area (Å²) in [5.41, 5.74) is 10.2. The summed E-state index contributed by atoms with van der Waals surface area (Å²) in [6.45, 7) is 5.56. The van der Waals surface area contributed by atoms with Gasteiger partial charge in [0.2, 0.25) is 0 Å². The Morgan fingerprint density at radius 3 is 2.18 bits per heavy atom. The van der Waals surface area contributed by atoms with Crippen molar-refractivity contribution in [2.24, 2.45) is 0 Å². The van der Waals surface area contributed by atoms with Crippen LogP contribution in [0.1, 0.15) is 52.9 Å². The highest BCUT2D eigenvalue weighted by Crippen LogP contribution is 2.46. The second-order valence-corrected chi connectivity index (χ2v) is 10.3. The van der Waals surface area contributed by atoms with Crippen LogP contribution in [0.2, 0.25) is 0 Å². The van der Waals surface area contributed by atoms with E-state index in [1.807, 2.05) is 11.3 Å². The van der Waals surface area contributed by atoms with Gasteiger partial charge in [0.05, 0.1) is 0 Å². The van der Waals surface area contributed by atoms with Gasteiger partial charge in [-0.25, -0.2) is 0 Å². The summed E-state index contributed by atoms with van der Waals surface area (Å²) in [5.74, 6) is 0. The van der Waals surface area contributed by atoms with Crippen LogP contribution in [0.5, 0.6) is 0 Å². The van der Waals surface area contributed by atoms with Gasteiger partial charge in [0.1, 0.15) is 0 Å². The molecular formula is C31H29NS. The molecule has 1 aliphatic rings. The molecule has 2 heteroatoms. The van der Waals surface area contributed by atoms with Crippen molar-refractivity contribution < 1.29 is 0 Å². The topological polar surface area (TPSA) is 4.93 Å². The van der Waals surface area contributed by atoms with E-state index in [1.54, 1.807) is 11.1 Å². The molecule has 0 spiro atoms. The third kappa shape index (κ3) is 3.45. The average Bonchev–Trinajstić information content (AvgIpc) is 3.34. The first-order valence-corrected chi connectivity index (χ1v) is 12.9. The largest absolute Gasteiger partial charge is 0.340 e. The maximum Gasteiger partial charge on any atom is 0.0491 e. The van der Waals surface area contributed by atoms with Gasteiger partial charge in [0, 0.05) is 38.3 Å². The first kappa shape index (κ1) is 20.5. The van der Waals surface area contributed by atoms with Crippen molar-refractivity contribution >= 4 is 43.5 Å². The van der Waals surface area contributed by atoms with Gasteiger partial charge >= 0.3 is 0 Å². The molecule has 0 aliphatic heterocycles. The van der Waals surface area contributed by atoms with Crippen molar-refractivity contribution in [3.8, 4) is 0 Å². The number of hydrogen-bond acceptors (Lipinski definition) is 1. The minimum absolute atomic E-state index is 0.914. The van der Waals surface area contributed by atoms with Gasteiger partial charge in [-0.2, -0.15) is 0 Å². The van der Waals surface area contributed by atoms with Gasteiger partial charge < -0.3 is 4.57 Å². The van der Waals surface area contributed by atoms with Crippen LogP contribution in [0.4, 0.5) is 0 Å². The predicted molar refractivity (Wildman–Crippen MR) is 144 cm³/mol. The lowest BCUT2D eigenvalue weighted by molar-refractivity contribution is 0.751. The highest BCUT2D eigenvalue weighted by molar-refractivity contribution is 7.20. The van der Waals surface area contributed by atoms with Crippen LogP contribution in [0, 0.1) is 13.8 Å². The molecule has 0 amide bonds. The Morgan fingerprint density at radius 2 is 1.39 bits per heavy atom. The summed E-state index contributed by atoms with van der Waals surface area (Å²) in [5, 5.41) is 2.82. The summed E-state index contributed by atoms with van der Waals surface area (Å²) >= 11 is 1.98. The molecule has 0 saturated carbocycles. The van der Waals surface area contributed by atoms with E-state index in [-0.39, 0.29) is 0 Å². The minimum Gasteiger partial charge on any atom is -0.340 e. The SMILES string of the molecule is Cc1c(C2=C(c3c(C)n(Cc4ccccc4)c4ccccc34)CCCC2)sc2ccccc12. The number of hydrogen-bond donors (Lipinski definition) is 0. The Hall–Kier alpha value is -3.10. The zero-order valence-electron chi connectivity index (χ0n) is 19.4. The average molecular weight is 448 g/mol. The Morgan fingerprint density at radius 1 is 0.727 bits per heavy atom. The second-order valence-electron chi connectivity index (χ2n) is 9.27. The zero-order chi connectivity index (χ0) is 22.4. The van der Waals surface area contributed by atoms with E-state index >= 15 is 0 Å². The molecule has 6 rings (SSSR count). The fourth-order valence-electron chi connectivity index (χ4n) is 5.68. The third-order valence-corrected chi connectivity index (χ3v) is 8.63. The molecule has 0 unspecified atom stereocenters. The number of allylic oxidation sites excluding steroid dienone is 2. The summed E-state index contributed by atoms with van der Waals surface area (Å²) < 4.78 is 3.93. The molecule has 1 aliphatic carbocycles. The third-order valence-electron chi connectivity index (χ3n) is 7.30. The van der Waals surface area contributed by atoms with Crippen LogP contribution in [0.3, 0.4) is 0 Å². The minimum atomic E-state index is 0.914. The molecular weight excluding hydrogens is 418 g/mol. The maximum atomic E-state index is 2.52. The molecule has 0 radical (unpaired) electrons. The van der Waals surface area contributed by atoms with Crippen LogP contribution in [-0.4, -0.2) is 4.57 Å². The summed E-state index contributed by atoms with van der Waals surface area (Å²) in [4.78, 5) is 1.50. The molecule has 5 aromatic rings. The number of nitrogens with zero attached hydrogens (tertiary/aromatic N) is 1. The lowest BCUT2D eigenvalue weighted by atomic mass is 9.84. The van der Waals surface area contributed by atoms with Gasteiger partial charge in [-0.3, -0.25) is 0 Å². The van der Waals surface area contributed by atoms with Crippen molar-refractivity contribution in [2.45, 2.75) is 46.1 Å². The molecule has 0 fully saturated rings. The van der Waals surface area contributed by atoms with E-state index in [9.17, 15) is 0 Å². The monoisotopic (exact) mass is 447 g/mol. The zero-order valence-corrected chi connectivity index (χ0v) is 20.2. The van der Waals surface area contributed by atoms with Crippen LogP contribution >= 0.6 is 11.3 Å². The number of aryl methyl sites for hydroxylation is 1. The van der Waals surface area contributed by atoms with Gasteiger partial charge in [0.15, 0.2) is 0 Å². The summed E-state index contributed by atoms with van der Waals surface area (Å²) in [6.07, 6.45) is 4.92. The second kappa shape index (κ2) is 8.35. The Bertz CT molecular complexity index is 1500. The predicted octanol–water partition coefficient (Wildman–Crippen LogP) is 9.01. The van der Waals surface area contributed by atoms with Crippen molar-refractivity contribution in [3.63, 3.8) is 0 Å². The Balaban J connectivity index is 1.59. The molecule has 3 aromatic carbocycles. The normalized spacial score (nSPS) is 14.5.